The van der Waals surface area contributed by atoms with E-state index in [-0.39, 0.29) is 12.5 Å². The second-order valence-corrected chi connectivity index (χ2v) is 6.09. The molecular formula is C18H22N2O3. The van der Waals surface area contributed by atoms with Crippen molar-refractivity contribution in [3.63, 3.8) is 0 Å². The van der Waals surface area contributed by atoms with Crippen LogP contribution in [0.5, 0.6) is 5.75 Å². The van der Waals surface area contributed by atoms with Gasteiger partial charge in [-0.15, -0.1) is 0 Å². The molecule has 0 aliphatic heterocycles. The third-order valence-corrected chi connectivity index (χ3v) is 4.26. The fourth-order valence-corrected chi connectivity index (χ4v) is 2.98. The summed E-state index contributed by atoms with van der Waals surface area (Å²) in [7, 11) is 0. The van der Waals surface area contributed by atoms with E-state index in [2.05, 4.69) is 6.08 Å². The number of carbonyl (C=O) groups excluding carboxylic acids is 2. The molecule has 0 atom stereocenters. The Morgan fingerprint density at radius 2 is 2.00 bits per heavy atom. The molecule has 3 rings (SSSR count). The third-order valence-electron chi connectivity index (χ3n) is 4.26. The molecule has 23 heavy (non-hydrogen) atoms. The van der Waals surface area contributed by atoms with Crippen LogP contribution in [-0.2, 0) is 4.79 Å². The van der Waals surface area contributed by atoms with Gasteiger partial charge >= 0.3 is 0 Å². The van der Waals surface area contributed by atoms with E-state index in [0.29, 0.717) is 17.4 Å². The number of nitrogens with two attached hydrogens (primary N) is 1. The van der Waals surface area contributed by atoms with Crippen LogP contribution in [0.1, 0.15) is 48.9 Å². The van der Waals surface area contributed by atoms with Crippen molar-refractivity contribution >= 4 is 11.8 Å². The monoisotopic (exact) mass is 314 g/mol. The number of allylic oxidation sites excluding steroid dienone is 2. The number of nitrogens with zero attached hydrogens (tertiary/aromatic N) is 1. The van der Waals surface area contributed by atoms with Gasteiger partial charge in [0, 0.05) is 11.7 Å². The second-order valence-electron chi connectivity index (χ2n) is 6.09. The average molecular weight is 314 g/mol. The number of benzene rings is 1. The molecule has 0 saturated heterocycles. The minimum absolute atomic E-state index is 0.0417. The van der Waals surface area contributed by atoms with Gasteiger partial charge in [0.25, 0.3) is 11.8 Å². The van der Waals surface area contributed by atoms with Crippen LogP contribution in [0.4, 0.5) is 0 Å². The van der Waals surface area contributed by atoms with Gasteiger partial charge in [-0.3, -0.25) is 9.59 Å². The summed E-state index contributed by atoms with van der Waals surface area (Å²) < 4.78 is 5.59. The summed E-state index contributed by atoms with van der Waals surface area (Å²) in [5, 5.41) is 0. The van der Waals surface area contributed by atoms with Crippen LogP contribution in [0.2, 0.25) is 0 Å². The first-order valence-corrected chi connectivity index (χ1v) is 8.19. The summed E-state index contributed by atoms with van der Waals surface area (Å²) in [5.74, 6) is -0.233. The molecule has 2 N–H and O–H groups in total. The Bertz CT molecular complexity index is 635. The van der Waals surface area contributed by atoms with Crippen LogP contribution in [0.15, 0.2) is 36.0 Å². The van der Waals surface area contributed by atoms with Crippen molar-refractivity contribution in [3.05, 3.63) is 41.6 Å². The van der Waals surface area contributed by atoms with Crippen molar-refractivity contribution in [2.45, 2.75) is 44.6 Å². The minimum Gasteiger partial charge on any atom is -0.483 e. The van der Waals surface area contributed by atoms with Crippen molar-refractivity contribution in [2.24, 2.45) is 5.73 Å². The number of hydrogen-bond donors (Lipinski definition) is 1. The van der Waals surface area contributed by atoms with Gasteiger partial charge in [-0.1, -0.05) is 18.2 Å². The van der Waals surface area contributed by atoms with Gasteiger partial charge in [0.1, 0.15) is 5.75 Å². The van der Waals surface area contributed by atoms with Crippen LogP contribution in [0.3, 0.4) is 0 Å². The van der Waals surface area contributed by atoms with Crippen molar-refractivity contribution in [1.29, 1.82) is 0 Å². The molecule has 1 aromatic carbocycles. The standard InChI is InChI=1S/C18H22N2O3/c19-18(22)15-8-4-5-9-16(15)23-12-17(21)20(14-10-11-14)13-6-2-1-3-7-13/h4-6,8-9,14H,1-3,7,10-12H2,(H2,19,22). The number of primary amides is 1. The molecule has 5 nitrogen and oxygen atoms in total. The van der Waals surface area contributed by atoms with E-state index in [9.17, 15) is 9.59 Å². The lowest BCUT2D eigenvalue weighted by atomic mass is 10.0. The molecule has 1 saturated carbocycles. The zero-order valence-corrected chi connectivity index (χ0v) is 13.2. The second kappa shape index (κ2) is 6.86. The Morgan fingerprint density at radius 3 is 2.65 bits per heavy atom. The largest absolute Gasteiger partial charge is 0.483 e. The zero-order valence-electron chi connectivity index (χ0n) is 13.2. The topological polar surface area (TPSA) is 72.6 Å². The first-order chi connectivity index (χ1) is 11.2. The molecule has 1 aromatic rings. The van der Waals surface area contributed by atoms with Crippen LogP contribution >= 0.6 is 0 Å². The van der Waals surface area contributed by atoms with Gasteiger partial charge in [-0.05, 0) is 50.7 Å². The number of hydrogen-bond acceptors (Lipinski definition) is 3. The average Bonchev–Trinajstić information content (AvgIpc) is 3.39. The molecule has 0 aromatic heterocycles. The van der Waals surface area contributed by atoms with Crippen molar-refractivity contribution < 1.29 is 14.3 Å². The highest BCUT2D eigenvalue weighted by Crippen LogP contribution is 2.33. The Morgan fingerprint density at radius 1 is 1.22 bits per heavy atom. The van der Waals surface area contributed by atoms with Crippen molar-refractivity contribution in [1.82, 2.24) is 4.90 Å². The Hall–Kier alpha value is -2.30. The molecule has 0 bridgehead atoms. The number of carbonyl (C=O) groups is 2. The van der Waals surface area contributed by atoms with E-state index in [4.69, 9.17) is 10.5 Å². The normalized spacial score (nSPS) is 17.3. The van der Waals surface area contributed by atoms with Crippen molar-refractivity contribution in [2.75, 3.05) is 6.61 Å². The van der Waals surface area contributed by atoms with E-state index in [1.54, 1.807) is 24.3 Å². The highest BCUT2D eigenvalue weighted by molar-refractivity contribution is 5.95. The van der Waals surface area contributed by atoms with Gasteiger partial charge in [0.05, 0.1) is 5.56 Å². The summed E-state index contributed by atoms with van der Waals surface area (Å²) in [6, 6.07) is 7.06. The SMILES string of the molecule is NC(=O)c1ccccc1OCC(=O)N(C1=CCCCC1)C1CC1. The molecule has 2 aliphatic carbocycles. The first kappa shape index (κ1) is 15.6. The number of amides is 2. The summed E-state index contributed by atoms with van der Waals surface area (Å²) in [5.41, 5.74) is 6.77. The molecule has 0 spiro atoms. The lowest BCUT2D eigenvalue weighted by molar-refractivity contribution is -0.132. The third kappa shape index (κ3) is 3.73. The fourth-order valence-electron chi connectivity index (χ4n) is 2.98. The maximum Gasteiger partial charge on any atom is 0.264 e. The molecular weight excluding hydrogens is 292 g/mol. The van der Waals surface area contributed by atoms with Gasteiger partial charge in [0.2, 0.25) is 0 Å². The van der Waals surface area contributed by atoms with E-state index in [1.165, 1.54) is 6.42 Å². The van der Waals surface area contributed by atoms with Gasteiger partial charge in [0.15, 0.2) is 6.61 Å². The Kier molecular flexibility index (Phi) is 4.65. The van der Waals surface area contributed by atoms with Crippen LogP contribution in [-0.4, -0.2) is 29.4 Å². The van der Waals surface area contributed by atoms with Crippen LogP contribution in [0.25, 0.3) is 0 Å². The zero-order chi connectivity index (χ0) is 16.2. The summed E-state index contributed by atoms with van der Waals surface area (Å²) in [6.45, 7) is -0.0713. The molecule has 122 valence electrons. The predicted octanol–water partition coefficient (Wildman–Crippen LogP) is 2.61. The lowest BCUT2D eigenvalue weighted by Crippen LogP contribution is -2.36. The van der Waals surface area contributed by atoms with Crippen LogP contribution < -0.4 is 10.5 Å². The predicted molar refractivity (Wildman–Crippen MR) is 86.9 cm³/mol. The minimum atomic E-state index is -0.554. The molecule has 2 aliphatic rings. The molecule has 5 heteroatoms. The van der Waals surface area contributed by atoms with Gasteiger partial charge < -0.3 is 15.4 Å². The highest BCUT2D eigenvalue weighted by Gasteiger charge is 2.35. The molecule has 0 unspecified atom stereocenters. The number of ether oxygens (including phenoxy) is 1. The first-order valence-electron chi connectivity index (χ1n) is 8.19. The maximum absolute atomic E-state index is 12.6. The van der Waals surface area contributed by atoms with E-state index in [1.807, 2.05) is 4.90 Å². The molecule has 0 radical (unpaired) electrons. The fraction of sp³-hybridized carbons (Fsp3) is 0.444. The van der Waals surface area contributed by atoms with E-state index >= 15 is 0 Å². The van der Waals surface area contributed by atoms with E-state index < -0.39 is 5.91 Å². The molecule has 1 fully saturated rings. The highest BCUT2D eigenvalue weighted by atomic mass is 16.5. The van der Waals surface area contributed by atoms with Crippen LogP contribution in [0, 0.1) is 0 Å². The Balaban J connectivity index is 1.68. The van der Waals surface area contributed by atoms with Gasteiger partial charge in [-0.2, -0.15) is 0 Å². The van der Waals surface area contributed by atoms with E-state index in [0.717, 1.165) is 37.8 Å². The lowest BCUT2D eigenvalue weighted by Gasteiger charge is -2.27. The molecule has 2 amide bonds. The maximum atomic E-state index is 12.6. The van der Waals surface area contributed by atoms with Gasteiger partial charge in [-0.25, -0.2) is 0 Å². The number of para-hydroxylation sites is 1. The summed E-state index contributed by atoms with van der Waals surface area (Å²) >= 11 is 0. The quantitative estimate of drug-likeness (QED) is 0.877. The smallest absolute Gasteiger partial charge is 0.264 e. The summed E-state index contributed by atoms with van der Waals surface area (Å²) in [4.78, 5) is 25.9. The summed E-state index contributed by atoms with van der Waals surface area (Å²) in [6.07, 6.45) is 8.61. The van der Waals surface area contributed by atoms with Crippen molar-refractivity contribution in [3.8, 4) is 5.75 Å². The Labute approximate surface area is 136 Å². The number of rotatable bonds is 6. The molecule has 0 heterocycles.